The first-order chi connectivity index (χ1) is 7.98. The van der Waals surface area contributed by atoms with Gasteiger partial charge in [-0.1, -0.05) is 20.8 Å². The molecule has 1 aliphatic rings. The standard InChI is InChI=1S/C14H21NO2/c1-14(2,3)11-6-8-15(9-7-11)13(16)12-5-4-10-17-12/h4-5,10-11H,6-9H2,1-3H3. The van der Waals surface area contributed by atoms with Gasteiger partial charge < -0.3 is 9.32 Å². The Balaban J connectivity index is 1.94. The lowest BCUT2D eigenvalue weighted by Gasteiger charge is -2.38. The SMILES string of the molecule is CC(C)(C)C1CCN(C(=O)c2ccco2)CC1. The van der Waals surface area contributed by atoms with Gasteiger partial charge in [-0.25, -0.2) is 0 Å². The van der Waals surface area contributed by atoms with E-state index in [1.807, 2.05) is 4.90 Å². The quantitative estimate of drug-likeness (QED) is 0.749. The molecular formula is C14H21NO2. The lowest BCUT2D eigenvalue weighted by molar-refractivity contribution is 0.0579. The van der Waals surface area contributed by atoms with Crippen LogP contribution in [0.15, 0.2) is 22.8 Å². The van der Waals surface area contributed by atoms with Gasteiger partial charge in [0, 0.05) is 13.1 Å². The summed E-state index contributed by atoms with van der Waals surface area (Å²) in [6.45, 7) is 8.54. The summed E-state index contributed by atoms with van der Waals surface area (Å²) in [7, 11) is 0. The van der Waals surface area contributed by atoms with Crippen molar-refractivity contribution >= 4 is 5.91 Å². The summed E-state index contributed by atoms with van der Waals surface area (Å²) in [4.78, 5) is 14.0. The van der Waals surface area contributed by atoms with Crippen LogP contribution in [0.4, 0.5) is 0 Å². The topological polar surface area (TPSA) is 33.5 Å². The van der Waals surface area contributed by atoms with E-state index in [1.165, 1.54) is 0 Å². The smallest absolute Gasteiger partial charge is 0.289 e. The second-order valence-corrected chi connectivity index (χ2v) is 5.91. The molecule has 2 rings (SSSR count). The van der Waals surface area contributed by atoms with Crippen LogP contribution in [0.2, 0.25) is 0 Å². The third-order valence-corrected chi connectivity index (χ3v) is 3.74. The highest BCUT2D eigenvalue weighted by Crippen LogP contribution is 2.34. The summed E-state index contributed by atoms with van der Waals surface area (Å²) in [5, 5.41) is 0. The van der Waals surface area contributed by atoms with Crippen molar-refractivity contribution < 1.29 is 9.21 Å². The largest absolute Gasteiger partial charge is 0.459 e. The maximum Gasteiger partial charge on any atom is 0.289 e. The van der Waals surface area contributed by atoms with E-state index >= 15 is 0 Å². The van der Waals surface area contributed by atoms with Crippen molar-refractivity contribution in [3.8, 4) is 0 Å². The molecule has 3 heteroatoms. The molecule has 2 heterocycles. The zero-order chi connectivity index (χ0) is 12.5. The Morgan fingerprint density at radius 3 is 2.47 bits per heavy atom. The van der Waals surface area contributed by atoms with Crippen LogP contribution in [0.1, 0.15) is 44.2 Å². The van der Waals surface area contributed by atoms with Crippen LogP contribution in [0.5, 0.6) is 0 Å². The zero-order valence-electron chi connectivity index (χ0n) is 10.9. The molecule has 17 heavy (non-hydrogen) atoms. The summed E-state index contributed by atoms with van der Waals surface area (Å²) in [5.41, 5.74) is 0.347. The van der Waals surface area contributed by atoms with Crippen LogP contribution >= 0.6 is 0 Å². The molecule has 0 aromatic carbocycles. The number of furan rings is 1. The zero-order valence-corrected chi connectivity index (χ0v) is 10.9. The molecule has 0 aliphatic carbocycles. The molecule has 0 unspecified atom stereocenters. The van der Waals surface area contributed by atoms with Crippen molar-refractivity contribution in [3.63, 3.8) is 0 Å². The highest BCUT2D eigenvalue weighted by molar-refractivity contribution is 5.91. The van der Waals surface area contributed by atoms with Crippen LogP contribution < -0.4 is 0 Å². The molecule has 3 nitrogen and oxygen atoms in total. The van der Waals surface area contributed by atoms with Crippen LogP contribution in [-0.4, -0.2) is 23.9 Å². The lowest BCUT2D eigenvalue weighted by Crippen LogP contribution is -2.41. The van der Waals surface area contributed by atoms with Gasteiger partial charge in [-0.15, -0.1) is 0 Å². The number of carbonyl (C=O) groups is 1. The number of carbonyl (C=O) groups excluding carboxylic acids is 1. The van der Waals surface area contributed by atoms with Gasteiger partial charge in [-0.3, -0.25) is 4.79 Å². The number of nitrogens with zero attached hydrogens (tertiary/aromatic N) is 1. The molecule has 1 amide bonds. The number of likely N-dealkylation sites (tertiary alicyclic amines) is 1. The Morgan fingerprint density at radius 1 is 1.35 bits per heavy atom. The molecule has 94 valence electrons. The van der Waals surface area contributed by atoms with Crippen LogP contribution in [-0.2, 0) is 0 Å². The first-order valence-corrected chi connectivity index (χ1v) is 6.31. The van der Waals surface area contributed by atoms with E-state index in [0.29, 0.717) is 17.1 Å². The average molecular weight is 235 g/mol. The predicted octanol–water partition coefficient (Wildman–Crippen LogP) is 3.18. The lowest BCUT2D eigenvalue weighted by atomic mass is 9.75. The Bertz CT molecular complexity index is 367. The minimum atomic E-state index is 0.0300. The van der Waals surface area contributed by atoms with Crippen molar-refractivity contribution in [2.45, 2.75) is 33.6 Å². The van der Waals surface area contributed by atoms with E-state index in [-0.39, 0.29) is 5.91 Å². The minimum absolute atomic E-state index is 0.0300. The first kappa shape index (κ1) is 12.2. The molecule has 1 aromatic heterocycles. The predicted molar refractivity (Wildman–Crippen MR) is 66.8 cm³/mol. The molecule has 1 aromatic rings. The Hall–Kier alpha value is -1.25. The monoisotopic (exact) mass is 235 g/mol. The van der Waals surface area contributed by atoms with E-state index in [9.17, 15) is 4.79 Å². The fraction of sp³-hybridized carbons (Fsp3) is 0.643. The second kappa shape index (κ2) is 4.55. The van der Waals surface area contributed by atoms with E-state index in [0.717, 1.165) is 25.9 Å². The Labute approximate surface area is 103 Å². The molecule has 0 atom stereocenters. The molecule has 0 N–H and O–H groups in total. The number of hydrogen-bond acceptors (Lipinski definition) is 2. The number of hydrogen-bond donors (Lipinski definition) is 0. The summed E-state index contributed by atoms with van der Waals surface area (Å²) >= 11 is 0. The normalized spacial score (nSPS) is 18.4. The van der Waals surface area contributed by atoms with Gasteiger partial charge in [0.05, 0.1) is 6.26 Å². The summed E-state index contributed by atoms with van der Waals surface area (Å²) < 4.78 is 5.15. The van der Waals surface area contributed by atoms with E-state index in [1.54, 1.807) is 18.4 Å². The molecule has 0 saturated carbocycles. The first-order valence-electron chi connectivity index (χ1n) is 6.31. The second-order valence-electron chi connectivity index (χ2n) is 5.91. The summed E-state index contributed by atoms with van der Waals surface area (Å²) in [5.74, 6) is 1.20. The molecule has 1 aliphatic heterocycles. The minimum Gasteiger partial charge on any atom is -0.459 e. The van der Waals surface area contributed by atoms with Crippen molar-refractivity contribution in [2.75, 3.05) is 13.1 Å². The molecule has 0 spiro atoms. The maximum absolute atomic E-state index is 12.0. The molecule has 1 fully saturated rings. The van der Waals surface area contributed by atoms with Crippen molar-refractivity contribution in [1.29, 1.82) is 0 Å². The Kier molecular flexibility index (Phi) is 3.27. The fourth-order valence-corrected chi connectivity index (χ4v) is 2.50. The average Bonchev–Trinajstić information content (AvgIpc) is 2.80. The van der Waals surface area contributed by atoms with Crippen LogP contribution in [0.25, 0.3) is 0 Å². The molecular weight excluding hydrogens is 214 g/mol. The number of amides is 1. The van der Waals surface area contributed by atoms with Crippen LogP contribution in [0, 0.1) is 11.3 Å². The van der Waals surface area contributed by atoms with E-state index < -0.39 is 0 Å². The summed E-state index contributed by atoms with van der Waals surface area (Å²) in [6.07, 6.45) is 3.74. The van der Waals surface area contributed by atoms with Gasteiger partial charge in [0.25, 0.3) is 5.91 Å². The third-order valence-electron chi connectivity index (χ3n) is 3.74. The Morgan fingerprint density at radius 2 is 2.00 bits per heavy atom. The highest BCUT2D eigenvalue weighted by Gasteiger charge is 2.31. The van der Waals surface area contributed by atoms with Gasteiger partial charge >= 0.3 is 0 Å². The van der Waals surface area contributed by atoms with Gasteiger partial charge in [0.15, 0.2) is 5.76 Å². The van der Waals surface area contributed by atoms with Crippen molar-refractivity contribution in [1.82, 2.24) is 4.90 Å². The van der Waals surface area contributed by atoms with E-state index in [4.69, 9.17) is 4.42 Å². The number of rotatable bonds is 1. The van der Waals surface area contributed by atoms with Gasteiger partial charge in [-0.2, -0.15) is 0 Å². The molecule has 0 radical (unpaired) electrons. The van der Waals surface area contributed by atoms with Crippen molar-refractivity contribution in [3.05, 3.63) is 24.2 Å². The van der Waals surface area contributed by atoms with Gasteiger partial charge in [0.2, 0.25) is 0 Å². The third kappa shape index (κ3) is 2.71. The van der Waals surface area contributed by atoms with Crippen LogP contribution in [0.3, 0.4) is 0 Å². The van der Waals surface area contributed by atoms with Crippen molar-refractivity contribution in [2.24, 2.45) is 11.3 Å². The van der Waals surface area contributed by atoms with E-state index in [2.05, 4.69) is 20.8 Å². The maximum atomic E-state index is 12.0. The molecule has 0 bridgehead atoms. The van der Waals surface area contributed by atoms with Gasteiger partial charge in [0.1, 0.15) is 0 Å². The fourth-order valence-electron chi connectivity index (χ4n) is 2.50. The molecule has 1 saturated heterocycles. The number of piperidine rings is 1. The van der Waals surface area contributed by atoms with Gasteiger partial charge in [-0.05, 0) is 36.3 Å². The highest BCUT2D eigenvalue weighted by atomic mass is 16.3. The summed E-state index contributed by atoms with van der Waals surface area (Å²) in [6, 6.07) is 3.49.